The van der Waals surface area contributed by atoms with Crippen LogP contribution in [0, 0.1) is 0 Å². The van der Waals surface area contributed by atoms with E-state index in [-0.39, 0.29) is 18.0 Å². The average molecular weight is 323 g/mol. The van der Waals surface area contributed by atoms with Crippen molar-refractivity contribution in [1.82, 2.24) is 4.90 Å². The Balaban J connectivity index is 0.00000220. The van der Waals surface area contributed by atoms with E-state index in [1.807, 2.05) is 0 Å². The van der Waals surface area contributed by atoms with Crippen LogP contribution in [0.1, 0.15) is 39.1 Å². The largest absolute Gasteiger partial charge is 0.417 e. The fourth-order valence-corrected chi connectivity index (χ4v) is 2.21. The standard InChI is InChI=1S/C13H13F3N2O2.ClH/c14-13(15,16)10-7-8(11(17)19)3-4-9(10)12(20)18-5-1-2-6-18;/h3-4,7H,1-2,5-6H2,(H2,17,19);1H. The minimum absolute atomic E-state index is 0. The number of hydrogen-bond acceptors (Lipinski definition) is 2. The molecule has 0 atom stereocenters. The van der Waals surface area contributed by atoms with Gasteiger partial charge in [0.25, 0.3) is 5.91 Å². The number of carbonyl (C=O) groups excluding carboxylic acids is 2. The van der Waals surface area contributed by atoms with Crippen LogP contribution in [0.4, 0.5) is 13.2 Å². The number of halogens is 4. The molecule has 0 spiro atoms. The van der Waals surface area contributed by atoms with Crippen LogP contribution in [0.2, 0.25) is 0 Å². The maximum atomic E-state index is 13.0. The van der Waals surface area contributed by atoms with Crippen molar-refractivity contribution >= 4 is 24.2 Å². The van der Waals surface area contributed by atoms with E-state index in [9.17, 15) is 22.8 Å². The van der Waals surface area contributed by atoms with Crippen molar-refractivity contribution in [3.63, 3.8) is 0 Å². The van der Waals surface area contributed by atoms with E-state index in [2.05, 4.69) is 0 Å². The van der Waals surface area contributed by atoms with Gasteiger partial charge in [0.15, 0.2) is 0 Å². The summed E-state index contributed by atoms with van der Waals surface area (Å²) in [6, 6.07) is 2.79. The minimum Gasteiger partial charge on any atom is -0.366 e. The SMILES string of the molecule is Cl.NC(=O)c1ccc(C(=O)N2CCCC2)c(C(F)(F)F)c1. The van der Waals surface area contributed by atoms with E-state index in [0.717, 1.165) is 25.0 Å². The normalized spacial score (nSPS) is 14.7. The Bertz CT molecular complexity index is 555. The highest BCUT2D eigenvalue weighted by Crippen LogP contribution is 2.33. The van der Waals surface area contributed by atoms with Crippen molar-refractivity contribution in [2.24, 2.45) is 5.73 Å². The van der Waals surface area contributed by atoms with Gasteiger partial charge in [-0.15, -0.1) is 12.4 Å². The van der Waals surface area contributed by atoms with Crippen molar-refractivity contribution < 1.29 is 22.8 Å². The number of rotatable bonds is 2. The highest BCUT2D eigenvalue weighted by molar-refractivity contribution is 5.99. The van der Waals surface area contributed by atoms with Crippen molar-refractivity contribution in [1.29, 1.82) is 0 Å². The van der Waals surface area contributed by atoms with Gasteiger partial charge in [0, 0.05) is 18.7 Å². The van der Waals surface area contributed by atoms with Crippen LogP contribution in [-0.4, -0.2) is 29.8 Å². The zero-order valence-corrected chi connectivity index (χ0v) is 11.8. The monoisotopic (exact) mass is 322 g/mol. The van der Waals surface area contributed by atoms with Gasteiger partial charge in [0.1, 0.15) is 0 Å². The highest BCUT2D eigenvalue weighted by atomic mass is 35.5. The number of benzene rings is 1. The number of primary amides is 1. The number of likely N-dealkylation sites (tertiary alicyclic amines) is 1. The second-order valence-electron chi connectivity index (χ2n) is 4.62. The molecule has 2 rings (SSSR count). The third-order valence-corrected chi connectivity index (χ3v) is 3.23. The molecule has 4 nitrogen and oxygen atoms in total. The predicted molar refractivity (Wildman–Crippen MR) is 72.3 cm³/mol. The summed E-state index contributed by atoms with van der Waals surface area (Å²) < 4.78 is 39.0. The van der Waals surface area contributed by atoms with Gasteiger partial charge < -0.3 is 10.6 Å². The summed E-state index contributed by atoms with van der Waals surface area (Å²) >= 11 is 0. The van der Waals surface area contributed by atoms with Crippen molar-refractivity contribution in [3.8, 4) is 0 Å². The number of amides is 2. The molecular weight excluding hydrogens is 309 g/mol. The smallest absolute Gasteiger partial charge is 0.366 e. The highest BCUT2D eigenvalue weighted by Gasteiger charge is 2.37. The molecule has 1 saturated heterocycles. The van der Waals surface area contributed by atoms with E-state index >= 15 is 0 Å². The van der Waals surface area contributed by atoms with Gasteiger partial charge in [0.2, 0.25) is 5.91 Å². The van der Waals surface area contributed by atoms with Crippen LogP contribution in [0.25, 0.3) is 0 Å². The third-order valence-electron chi connectivity index (χ3n) is 3.23. The van der Waals surface area contributed by atoms with Gasteiger partial charge in [-0.3, -0.25) is 9.59 Å². The second-order valence-corrected chi connectivity index (χ2v) is 4.62. The molecule has 0 aromatic heterocycles. The minimum atomic E-state index is -4.71. The lowest BCUT2D eigenvalue weighted by molar-refractivity contribution is -0.138. The van der Waals surface area contributed by atoms with E-state index in [0.29, 0.717) is 19.2 Å². The number of hydrogen-bond donors (Lipinski definition) is 1. The maximum Gasteiger partial charge on any atom is 0.417 e. The van der Waals surface area contributed by atoms with Gasteiger partial charge in [-0.05, 0) is 31.0 Å². The van der Waals surface area contributed by atoms with Crippen LogP contribution in [0.15, 0.2) is 18.2 Å². The molecule has 0 bridgehead atoms. The molecule has 1 fully saturated rings. The van der Waals surface area contributed by atoms with Gasteiger partial charge in [-0.1, -0.05) is 0 Å². The second kappa shape index (κ2) is 6.34. The van der Waals surface area contributed by atoms with Crippen molar-refractivity contribution in [2.45, 2.75) is 19.0 Å². The molecule has 1 aliphatic rings. The van der Waals surface area contributed by atoms with Gasteiger partial charge in [0.05, 0.1) is 11.1 Å². The van der Waals surface area contributed by atoms with E-state index < -0.39 is 29.1 Å². The topological polar surface area (TPSA) is 63.4 Å². The van der Waals surface area contributed by atoms with E-state index in [4.69, 9.17) is 5.73 Å². The zero-order valence-electron chi connectivity index (χ0n) is 10.9. The van der Waals surface area contributed by atoms with Gasteiger partial charge >= 0.3 is 6.18 Å². The summed E-state index contributed by atoms with van der Waals surface area (Å²) in [7, 11) is 0. The fourth-order valence-electron chi connectivity index (χ4n) is 2.21. The Hall–Kier alpha value is -1.76. The fraction of sp³-hybridized carbons (Fsp3) is 0.385. The average Bonchev–Trinajstić information content (AvgIpc) is 2.90. The lowest BCUT2D eigenvalue weighted by Gasteiger charge is -2.19. The molecule has 8 heteroatoms. The number of nitrogens with zero attached hydrogens (tertiary/aromatic N) is 1. The molecule has 116 valence electrons. The molecule has 0 radical (unpaired) electrons. The Morgan fingerprint density at radius 3 is 2.19 bits per heavy atom. The molecule has 1 aliphatic heterocycles. The molecule has 1 heterocycles. The van der Waals surface area contributed by atoms with Crippen LogP contribution in [0.5, 0.6) is 0 Å². The Morgan fingerprint density at radius 2 is 1.71 bits per heavy atom. The molecule has 1 aromatic carbocycles. The van der Waals surface area contributed by atoms with Crippen LogP contribution in [-0.2, 0) is 6.18 Å². The summed E-state index contributed by atoms with van der Waals surface area (Å²) in [6.45, 7) is 0.904. The predicted octanol–water partition coefficient (Wildman–Crippen LogP) is 2.46. The van der Waals surface area contributed by atoms with E-state index in [1.54, 1.807) is 0 Å². The molecule has 0 aliphatic carbocycles. The molecule has 2 N–H and O–H groups in total. The van der Waals surface area contributed by atoms with Gasteiger partial charge in [-0.2, -0.15) is 13.2 Å². The summed E-state index contributed by atoms with van der Waals surface area (Å²) in [5.74, 6) is -1.62. The van der Waals surface area contributed by atoms with Crippen molar-refractivity contribution in [2.75, 3.05) is 13.1 Å². The van der Waals surface area contributed by atoms with Crippen LogP contribution in [0.3, 0.4) is 0 Å². The first-order valence-electron chi connectivity index (χ1n) is 6.11. The van der Waals surface area contributed by atoms with E-state index in [1.165, 1.54) is 4.90 Å². The van der Waals surface area contributed by atoms with Crippen LogP contribution >= 0.6 is 12.4 Å². The number of carbonyl (C=O) groups is 2. The Morgan fingerprint density at radius 1 is 1.14 bits per heavy atom. The lowest BCUT2D eigenvalue weighted by Crippen LogP contribution is -2.30. The molecular formula is C13H14ClF3N2O2. The first kappa shape index (κ1) is 17.3. The summed E-state index contributed by atoms with van der Waals surface area (Å²) in [6.07, 6.45) is -3.14. The van der Waals surface area contributed by atoms with Crippen LogP contribution < -0.4 is 5.73 Å². The molecule has 2 amide bonds. The summed E-state index contributed by atoms with van der Waals surface area (Å²) in [5.41, 5.74) is 3.14. The zero-order chi connectivity index (χ0) is 14.9. The summed E-state index contributed by atoms with van der Waals surface area (Å²) in [5, 5.41) is 0. The number of alkyl halides is 3. The summed E-state index contributed by atoms with van der Waals surface area (Å²) in [4.78, 5) is 24.5. The Labute approximate surface area is 125 Å². The Kier molecular flexibility index (Phi) is 5.22. The third kappa shape index (κ3) is 3.66. The molecule has 21 heavy (non-hydrogen) atoms. The quantitative estimate of drug-likeness (QED) is 0.909. The number of nitrogens with two attached hydrogens (primary N) is 1. The van der Waals surface area contributed by atoms with Crippen molar-refractivity contribution in [3.05, 3.63) is 34.9 Å². The molecule has 0 unspecified atom stereocenters. The molecule has 1 aromatic rings. The first-order chi connectivity index (χ1) is 9.30. The lowest BCUT2D eigenvalue weighted by atomic mass is 10.0. The maximum absolute atomic E-state index is 13.0. The molecule has 0 saturated carbocycles. The van der Waals surface area contributed by atoms with Gasteiger partial charge in [-0.25, -0.2) is 0 Å². The first-order valence-corrected chi connectivity index (χ1v) is 6.11.